The molecule has 1 aromatic heterocycles. The molecule has 3 rings (SSSR count). The van der Waals surface area contributed by atoms with E-state index in [2.05, 4.69) is 24.5 Å². The van der Waals surface area contributed by atoms with Crippen molar-refractivity contribution in [2.75, 3.05) is 11.4 Å². The van der Waals surface area contributed by atoms with Crippen LogP contribution < -0.4 is 15.5 Å². The highest BCUT2D eigenvalue weighted by atomic mass is 19.1. The van der Waals surface area contributed by atoms with Gasteiger partial charge in [0.15, 0.2) is 5.76 Å². The van der Waals surface area contributed by atoms with Crippen LogP contribution in [0.3, 0.4) is 0 Å². The molecule has 2 N–H and O–H groups in total. The van der Waals surface area contributed by atoms with Crippen LogP contribution in [-0.2, 0) is 9.59 Å². The summed E-state index contributed by atoms with van der Waals surface area (Å²) < 4.78 is 19.3. The van der Waals surface area contributed by atoms with Gasteiger partial charge >= 0.3 is 0 Å². The van der Waals surface area contributed by atoms with Crippen LogP contribution in [0.2, 0.25) is 0 Å². The van der Waals surface area contributed by atoms with E-state index in [0.29, 0.717) is 5.56 Å². The molecule has 0 fully saturated rings. The summed E-state index contributed by atoms with van der Waals surface area (Å²) in [5, 5.41) is 5.45. The van der Waals surface area contributed by atoms with Crippen molar-refractivity contribution in [2.45, 2.75) is 52.1 Å². The Balaban J connectivity index is 2.04. The van der Waals surface area contributed by atoms with E-state index in [4.69, 9.17) is 4.42 Å². The standard InChI is InChI=1S/C28H32FN3O4/c1-18(2)19-11-13-20(14-12-19)25(27(35)31-28(3,4)5)32(22-9-6-8-21(29)16-22)24(33)17-30-26(34)23-10-7-15-36-23/h6-16,18,25H,17H2,1-5H3,(H,30,34)(H,31,35). The van der Waals surface area contributed by atoms with Crippen molar-refractivity contribution >= 4 is 23.4 Å². The molecule has 1 heterocycles. The number of benzene rings is 2. The summed E-state index contributed by atoms with van der Waals surface area (Å²) in [6.45, 7) is 9.19. The Kier molecular flexibility index (Phi) is 8.29. The molecule has 190 valence electrons. The molecule has 2 aromatic carbocycles. The predicted molar refractivity (Wildman–Crippen MR) is 136 cm³/mol. The first kappa shape index (κ1) is 26.7. The van der Waals surface area contributed by atoms with Crippen molar-refractivity contribution in [1.29, 1.82) is 0 Å². The van der Waals surface area contributed by atoms with Crippen molar-refractivity contribution in [1.82, 2.24) is 10.6 Å². The number of rotatable bonds is 8. The van der Waals surface area contributed by atoms with Gasteiger partial charge in [0.2, 0.25) is 11.8 Å². The lowest BCUT2D eigenvalue weighted by molar-refractivity contribution is -0.127. The number of anilines is 1. The fourth-order valence-electron chi connectivity index (χ4n) is 3.72. The van der Waals surface area contributed by atoms with E-state index >= 15 is 0 Å². The number of furan rings is 1. The van der Waals surface area contributed by atoms with E-state index in [1.54, 1.807) is 24.3 Å². The number of amides is 3. The lowest BCUT2D eigenvalue weighted by Gasteiger charge is -2.34. The van der Waals surface area contributed by atoms with E-state index in [0.717, 1.165) is 5.56 Å². The van der Waals surface area contributed by atoms with Crippen LogP contribution in [0, 0.1) is 5.82 Å². The summed E-state index contributed by atoms with van der Waals surface area (Å²) >= 11 is 0. The second-order valence-corrected chi connectivity index (χ2v) is 9.87. The van der Waals surface area contributed by atoms with Crippen molar-refractivity contribution in [3.8, 4) is 0 Å². The van der Waals surface area contributed by atoms with Gasteiger partial charge in [-0.2, -0.15) is 0 Å². The van der Waals surface area contributed by atoms with Crippen molar-refractivity contribution in [3.05, 3.63) is 89.6 Å². The van der Waals surface area contributed by atoms with Gasteiger partial charge in [0.05, 0.1) is 12.8 Å². The molecule has 8 heteroatoms. The SMILES string of the molecule is CC(C)c1ccc(C(C(=O)NC(C)(C)C)N(C(=O)CNC(=O)c2ccco2)c2cccc(F)c2)cc1. The maximum absolute atomic E-state index is 14.3. The molecule has 0 aliphatic heterocycles. The van der Waals surface area contributed by atoms with Crippen molar-refractivity contribution in [3.63, 3.8) is 0 Å². The van der Waals surface area contributed by atoms with Gasteiger partial charge < -0.3 is 15.1 Å². The molecular weight excluding hydrogens is 461 g/mol. The van der Waals surface area contributed by atoms with Gasteiger partial charge in [0, 0.05) is 11.2 Å². The van der Waals surface area contributed by atoms with Crippen LogP contribution in [0.15, 0.2) is 71.3 Å². The van der Waals surface area contributed by atoms with Crippen LogP contribution in [0.4, 0.5) is 10.1 Å². The van der Waals surface area contributed by atoms with Crippen LogP contribution >= 0.6 is 0 Å². The molecule has 0 spiro atoms. The second kappa shape index (κ2) is 11.2. The number of nitrogens with zero attached hydrogens (tertiary/aromatic N) is 1. The van der Waals surface area contributed by atoms with Crippen molar-refractivity contribution in [2.24, 2.45) is 0 Å². The zero-order chi connectivity index (χ0) is 26.5. The van der Waals surface area contributed by atoms with Gasteiger partial charge in [-0.1, -0.05) is 44.2 Å². The van der Waals surface area contributed by atoms with Crippen LogP contribution in [0.1, 0.15) is 68.3 Å². The summed E-state index contributed by atoms with van der Waals surface area (Å²) in [7, 11) is 0. The van der Waals surface area contributed by atoms with Crippen molar-refractivity contribution < 1.29 is 23.2 Å². The number of carbonyl (C=O) groups is 3. The third kappa shape index (κ3) is 6.81. The monoisotopic (exact) mass is 493 g/mol. The normalized spacial score (nSPS) is 12.2. The minimum absolute atomic E-state index is 0.0476. The molecule has 0 saturated carbocycles. The molecule has 36 heavy (non-hydrogen) atoms. The average molecular weight is 494 g/mol. The summed E-state index contributed by atoms with van der Waals surface area (Å²) in [5.74, 6) is -1.85. The fraction of sp³-hybridized carbons (Fsp3) is 0.321. The Morgan fingerprint density at radius 2 is 1.64 bits per heavy atom. The zero-order valence-electron chi connectivity index (χ0n) is 21.2. The Bertz CT molecular complexity index is 1200. The van der Waals surface area contributed by atoms with E-state index in [1.165, 1.54) is 35.4 Å². The predicted octanol–water partition coefficient (Wildman–Crippen LogP) is 4.96. The summed E-state index contributed by atoms with van der Waals surface area (Å²) in [6.07, 6.45) is 1.35. The van der Waals surface area contributed by atoms with E-state index in [1.807, 2.05) is 32.9 Å². The summed E-state index contributed by atoms with van der Waals surface area (Å²) in [5.41, 5.74) is 1.23. The third-order valence-corrected chi connectivity index (χ3v) is 5.42. The zero-order valence-corrected chi connectivity index (χ0v) is 21.2. The maximum Gasteiger partial charge on any atom is 0.287 e. The van der Waals surface area contributed by atoms with Gasteiger partial charge in [-0.15, -0.1) is 0 Å². The quantitative estimate of drug-likeness (QED) is 0.464. The molecule has 0 radical (unpaired) electrons. The van der Waals surface area contributed by atoms with E-state index in [9.17, 15) is 18.8 Å². The Morgan fingerprint density at radius 3 is 2.19 bits per heavy atom. The Morgan fingerprint density at radius 1 is 0.972 bits per heavy atom. The fourth-order valence-corrected chi connectivity index (χ4v) is 3.72. The molecule has 1 unspecified atom stereocenters. The first-order chi connectivity index (χ1) is 17.0. The molecule has 0 aliphatic carbocycles. The molecular formula is C28H32FN3O4. The van der Waals surface area contributed by atoms with Crippen LogP contribution in [0.5, 0.6) is 0 Å². The summed E-state index contributed by atoms with van der Waals surface area (Å²) in [6, 6.07) is 14.8. The molecule has 0 aliphatic rings. The number of halogens is 1. The number of nitrogens with one attached hydrogen (secondary N) is 2. The third-order valence-electron chi connectivity index (χ3n) is 5.42. The number of carbonyl (C=O) groups excluding carboxylic acids is 3. The molecule has 0 bridgehead atoms. The van der Waals surface area contributed by atoms with E-state index < -0.39 is 41.7 Å². The smallest absolute Gasteiger partial charge is 0.287 e. The first-order valence-corrected chi connectivity index (χ1v) is 11.8. The largest absolute Gasteiger partial charge is 0.459 e. The van der Waals surface area contributed by atoms with Gasteiger partial charge in [0.25, 0.3) is 5.91 Å². The van der Waals surface area contributed by atoms with Crippen LogP contribution in [-0.4, -0.2) is 29.8 Å². The molecule has 7 nitrogen and oxygen atoms in total. The first-order valence-electron chi connectivity index (χ1n) is 11.8. The lowest BCUT2D eigenvalue weighted by atomic mass is 9.96. The molecule has 0 saturated heterocycles. The minimum atomic E-state index is -1.11. The second-order valence-electron chi connectivity index (χ2n) is 9.87. The number of hydrogen-bond acceptors (Lipinski definition) is 4. The molecule has 3 aromatic rings. The van der Waals surface area contributed by atoms with Gasteiger partial charge in [-0.05, 0) is 68.1 Å². The average Bonchev–Trinajstić information content (AvgIpc) is 3.34. The van der Waals surface area contributed by atoms with E-state index in [-0.39, 0.29) is 17.4 Å². The summed E-state index contributed by atoms with van der Waals surface area (Å²) in [4.78, 5) is 40.8. The highest BCUT2D eigenvalue weighted by Gasteiger charge is 2.34. The van der Waals surface area contributed by atoms with Gasteiger partial charge in [-0.3, -0.25) is 19.3 Å². The minimum Gasteiger partial charge on any atom is -0.459 e. The lowest BCUT2D eigenvalue weighted by Crippen LogP contribution is -2.51. The van der Waals surface area contributed by atoms with Gasteiger partial charge in [0.1, 0.15) is 11.9 Å². The maximum atomic E-state index is 14.3. The Hall–Kier alpha value is -3.94. The molecule has 1 atom stereocenters. The topological polar surface area (TPSA) is 91.7 Å². The Labute approximate surface area is 210 Å². The van der Waals surface area contributed by atoms with Gasteiger partial charge in [-0.25, -0.2) is 4.39 Å². The number of hydrogen-bond donors (Lipinski definition) is 2. The highest BCUT2D eigenvalue weighted by molar-refractivity contribution is 6.04. The highest BCUT2D eigenvalue weighted by Crippen LogP contribution is 2.30. The van der Waals surface area contributed by atoms with Crippen LogP contribution in [0.25, 0.3) is 0 Å². The molecule has 3 amide bonds.